The first kappa shape index (κ1) is 11.2. The van der Waals surface area contributed by atoms with E-state index >= 15 is 0 Å². The van der Waals surface area contributed by atoms with Crippen LogP contribution in [-0.2, 0) is 20.9 Å². The normalized spacial score (nSPS) is 9.47. The first-order chi connectivity index (χ1) is 7.08. The highest BCUT2D eigenvalue weighted by atomic mass is 16.5. The molecular weight excluding hydrogens is 198 g/mol. The van der Waals surface area contributed by atoms with Crippen LogP contribution >= 0.6 is 0 Å². The summed E-state index contributed by atoms with van der Waals surface area (Å²) in [6, 6.07) is 3.10. The summed E-state index contributed by atoms with van der Waals surface area (Å²) < 4.78 is 9.59. The van der Waals surface area contributed by atoms with Gasteiger partial charge in [-0.3, -0.25) is 14.6 Å². The van der Waals surface area contributed by atoms with Gasteiger partial charge < -0.3 is 9.47 Å². The van der Waals surface area contributed by atoms with E-state index in [1.807, 2.05) is 0 Å². The van der Waals surface area contributed by atoms with E-state index in [1.165, 1.54) is 20.0 Å². The van der Waals surface area contributed by atoms with Gasteiger partial charge in [0, 0.05) is 26.1 Å². The molecule has 0 aromatic carbocycles. The van der Waals surface area contributed by atoms with Crippen molar-refractivity contribution in [2.24, 2.45) is 0 Å². The lowest BCUT2D eigenvalue weighted by atomic mass is 10.3. The first-order valence-electron chi connectivity index (χ1n) is 4.34. The number of nitrogens with zero attached hydrogens (tertiary/aromatic N) is 1. The Balaban J connectivity index is 2.65. The quantitative estimate of drug-likeness (QED) is 0.696. The van der Waals surface area contributed by atoms with E-state index < -0.39 is 5.97 Å². The second kappa shape index (κ2) is 5.09. The molecule has 0 bridgehead atoms. The molecule has 0 aliphatic heterocycles. The maximum absolute atomic E-state index is 10.7. The van der Waals surface area contributed by atoms with Crippen LogP contribution in [0.2, 0.25) is 0 Å². The van der Waals surface area contributed by atoms with Crippen molar-refractivity contribution in [2.75, 3.05) is 0 Å². The topological polar surface area (TPSA) is 65.5 Å². The van der Waals surface area contributed by atoms with Crippen molar-refractivity contribution in [2.45, 2.75) is 20.5 Å². The summed E-state index contributed by atoms with van der Waals surface area (Å²) in [5, 5.41) is 0. The highest BCUT2D eigenvalue weighted by Gasteiger charge is 2.02. The number of hydrogen-bond donors (Lipinski definition) is 0. The summed E-state index contributed by atoms with van der Waals surface area (Å²) in [6.45, 7) is 2.70. The molecule has 0 N–H and O–H groups in total. The number of ether oxygens (including phenoxy) is 2. The fourth-order valence-electron chi connectivity index (χ4n) is 0.940. The van der Waals surface area contributed by atoms with Crippen molar-refractivity contribution < 1.29 is 19.1 Å². The number of rotatable bonds is 3. The van der Waals surface area contributed by atoms with Gasteiger partial charge in [0.1, 0.15) is 12.4 Å². The van der Waals surface area contributed by atoms with E-state index in [2.05, 4.69) is 4.98 Å². The van der Waals surface area contributed by atoms with Gasteiger partial charge in [-0.05, 0) is 6.07 Å². The second-order valence-corrected chi connectivity index (χ2v) is 2.86. The zero-order chi connectivity index (χ0) is 11.3. The van der Waals surface area contributed by atoms with Crippen LogP contribution in [0.3, 0.4) is 0 Å². The van der Waals surface area contributed by atoms with E-state index in [4.69, 9.17) is 9.47 Å². The Morgan fingerprint density at radius 3 is 2.67 bits per heavy atom. The van der Waals surface area contributed by atoms with E-state index in [0.29, 0.717) is 11.4 Å². The number of hydrogen-bond acceptors (Lipinski definition) is 5. The monoisotopic (exact) mass is 209 g/mol. The highest BCUT2D eigenvalue weighted by Crippen LogP contribution is 2.11. The summed E-state index contributed by atoms with van der Waals surface area (Å²) in [4.78, 5) is 25.2. The summed E-state index contributed by atoms with van der Waals surface area (Å²) >= 11 is 0. The van der Waals surface area contributed by atoms with Crippen molar-refractivity contribution in [1.82, 2.24) is 4.98 Å². The van der Waals surface area contributed by atoms with Crippen molar-refractivity contribution in [1.29, 1.82) is 0 Å². The average molecular weight is 209 g/mol. The Bertz CT molecular complexity index is 375. The zero-order valence-corrected chi connectivity index (χ0v) is 8.52. The highest BCUT2D eigenvalue weighted by molar-refractivity contribution is 5.69. The molecule has 0 radical (unpaired) electrons. The Morgan fingerprint density at radius 2 is 2.07 bits per heavy atom. The molecule has 0 aliphatic carbocycles. The van der Waals surface area contributed by atoms with E-state index in [9.17, 15) is 9.59 Å². The van der Waals surface area contributed by atoms with Gasteiger partial charge in [-0.15, -0.1) is 0 Å². The second-order valence-electron chi connectivity index (χ2n) is 2.86. The molecule has 0 aliphatic rings. The van der Waals surface area contributed by atoms with Gasteiger partial charge in [0.05, 0.1) is 5.69 Å². The average Bonchev–Trinajstić information content (AvgIpc) is 2.14. The summed E-state index contributed by atoms with van der Waals surface area (Å²) in [5.41, 5.74) is 0.531. The summed E-state index contributed by atoms with van der Waals surface area (Å²) in [5.74, 6) is -0.394. The van der Waals surface area contributed by atoms with Crippen molar-refractivity contribution >= 4 is 11.9 Å². The predicted molar refractivity (Wildman–Crippen MR) is 51.0 cm³/mol. The van der Waals surface area contributed by atoms with Crippen LogP contribution < -0.4 is 4.74 Å². The van der Waals surface area contributed by atoms with Gasteiger partial charge in [0.25, 0.3) is 0 Å². The molecule has 1 aromatic heterocycles. The third-order valence-corrected chi connectivity index (χ3v) is 1.47. The van der Waals surface area contributed by atoms with Crippen LogP contribution in [0.5, 0.6) is 5.75 Å². The molecule has 1 rings (SSSR count). The Labute approximate surface area is 87.0 Å². The largest absolute Gasteiger partial charge is 0.459 e. The third kappa shape index (κ3) is 4.21. The van der Waals surface area contributed by atoms with Gasteiger partial charge in [-0.25, -0.2) is 0 Å². The molecule has 0 saturated carbocycles. The molecule has 80 valence electrons. The van der Waals surface area contributed by atoms with Gasteiger partial charge in [-0.2, -0.15) is 0 Å². The van der Waals surface area contributed by atoms with Gasteiger partial charge >= 0.3 is 11.9 Å². The Hall–Kier alpha value is -1.91. The standard InChI is InChI=1S/C10H11NO4/c1-7(12)14-6-9-5-10(3-4-11-9)15-8(2)13/h3-5H,6H2,1-2H3. The molecule has 15 heavy (non-hydrogen) atoms. The molecule has 0 amide bonds. The fourth-order valence-corrected chi connectivity index (χ4v) is 0.940. The molecule has 0 atom stereocenters. The van der Waals surface area contributed by atoms with E-state index in [1.54, 1.807) is 12.1 Å². The van der Waals surface area contributed by atoms with Crippen LogP contribution in [0, 0.1) is 0 Å². The van der Waals surface area contributed by atoms with Crippen LogP contribution in [0.25, 0.3) is 0 Å². The first-order valence-corrected chi connectivity index (χ1v) is 4.34. The molecule has 0 fully saturated rings. The lowest BCUT2D eigenvalue weighted by Gasteiger charge is -2.04. The third-order valence-electron chi connectivity index (χ3n) is 1.47. The fraction of sp³-hybridized carbons (Fsp3) is 0.300. The van der Waals surface area contributed by atoms with Gasteiger partial charge in [-0.1, -0.05) is 0 Å². The molecule has 5 nitrogen and oxygen atoms in total. The lowest BCUT2D eigenvalue weighted by Crippen LogP contribution is -2.04. The van der Waals surface area contributed by atoms with E-state index in [-0.39, 0.29) is 12.6 Å². The minimum absolute atomic E-state index is 0.0738. The summed E-state index contributed by atoms with van der Waals surface area (Å²) in [7, 11) is 0. The number of carbonyl (C=O) groups is 2. The number of aromatic nitrogens is 1. The van der Waals surface area contributed by atoms with Gasteiger partial charge in [0.2, 0.25) is 0 Å². The molecule has 0 spiro atoms. The number of pyridine rings is 1. The number of carbonyl (C=O) groups excluding carboxylic acids is 2. The Kier molecular flexibility index (Phi) is 3.79. The summed E-state index contributed by atoms with van der Waals surface area (Å²) in [6.07, 6.45) is 1.48. The zero-order valence-electron chi connectivity index (χ0n) is 8.52. The Morgan fingerprint density at radius 1 is 1.33 bits per heavy atom. The SMILES string of the molecule is CC(=O)OCc1cc(OC(C)=O)ccn1. The predicted octanol–water partition coefficient (Wildman–Crippen LogP) is 1.07. The minimum atomic E-state index is -0.403. The maximum atomic E-state index is 10.7. The molecule has 0 saturated heterocycles. The minimum Gasteiger partial charge on any atom is -0.459 e. The van der Waals surface area contributed by atoms with Crippen LogP contribution in [0.1, 0.15) is 19.5 Å². The molecule has 0 unspecified atom stereocenters. The van der Waals surface area contributed by atoms with Crippen LogP contribution in [-0.4, -0.2) is 16.9 Å². The molecule has 5 heteroatoms. The number of esters is 2. The van der Waals surface area contributed by atoms with Crippen molar-refractivity contribution in [3.8, 4) is 5.75 Å². The van der Waals surface area contributed by atoms with Crippen LogP contribution in [0.4, 0.5) is 0 Å². The smallest absolute Gasteiger partial charge is 0.308 e. The van der Waals surface area contributed by atoms with Crippen LogP contribution in [0.15, 0.2) is 18.3 Å². The van der Waals surface area contributed by atoms with Crippen molar-refractivity contribution in [3.63, 3.8) is 0 Å². The van der Waals surface area contributed by atoms with Crippen molar-refractivity contribution in [3.05, 3.63) is 24.0 Å². The maximum Gasteiger partial charge on any atom is 0.308 e. The molecule has 1 heterocycles. The molecular formula is C10H11NO4. The molecule has 1 aromatic rings. The lowest BCUT2D eigenvalue weighted by molar-refractivity contribution is -0.142. The van der Waals surface area contributed by atoms with Gasteiger partial charge in [0.15, 0.2) is 0 Å². The van der Waals surface area contributed by atoms with E-state index in [0.717, 1.165) is 0 Å².